The van der Waals surface area contributed by atoms with Gasteiger partial charge in [-0.3, -0.25) is 0 Å². The Labute approximate surface area is 121 Å². The molecule has 0 fully saturated rings. The van der Waals surface area contributed by atoms with E-state index in [9.17, 15) is 0 Å². The molecule has 0 spiro atoms. The van der Waals surface area contributed by atoms with Gasteiger partial charge in [-0.15, -0.1) is 0 Å². The van der Waals surface area contributed by atoms with E-state index in [-0.39, 0.29) is 0 Å². The van der Waals surface area contributed by atoms with Gasteiger partial charge in [0.1, 0.15) is 12.4 Å². The highest BCUT2D eigenvalue weighted by atomic mass is 16.5. The van der Waals surface area contributed by atoms with Crippen molar-refractivity contribution in [2.45, 2.75) is 34.1 Å². The second-order valence-electron chi connectivity index (χ2n) is 5.33. The van der Waals surface area contributed by atoms with Crippen molar-refractivity contribution in [3.05, 3.63) is 29.3 Å². The van der Waals surface area contributed by atoms with E-state index in [1.54, 1.807) is 6.92 Å². The average molecular weight is 279 g/mol. The summed E-state index contributed by atoms with van der Waals surface area (Å²) in [6, 6.07) is 5.81. The van der Waals surface area contributed by atoms with Gasteiger partial charge < -0.3 is 14.7 Å². The molecule has 0 unspecified atom stereocenters. The number of rotatable bonds is 8. The minimum atomic E-state index is 0.493. The van der Waals surface area contributed by atoms with Crippen molar-refractivity contribution in [3.8, 4) is 5.75 Å². The van der Waals surface area contributed by atoms with Crippen molar-refractivity contribution >= 4 is 5.71 Å². The summed E-state index contributed by atoms with van der Waals surface area (Å²) in [5, 5.41) is 12.1. The maximum atomic E-state index is 8.88. The topological polar surface area (TPSA) is 51.1 Å². The fourth-order valence-electron chi connectivity index (χ4n) is 1.73. The molecular weight excluding hydrogens is 254 g/mol. The van der Waals surface area contributed by atoms with Crippen LogP contribution < -0.4 is 4.74 Å². The van der Waals surface area contributed by atoms with E-state index in [1.165, 1.54) is 0 Å². The smallest absolute Gasteiger partial charge is 0.128 e. The lowest BCUT2D eigenvalue weighted by molar-refractivity contribution is 0.0925. The third kappa shape index (κ3) is 5.61. The number of aryl methyl sites for hydroxylation is 1. The highest BCUT2D eigenvalue weighted by Gasteiger charge is 2.07. The first-order chi connectivity index (χ1) is 9.54. The predicted octanol–water partition coefficient (Wildman–Crippen LogP) is 3.63. The van der Waals surface area contributed by atoms with Gasteiger partial charge in [-0.25, -0.2) is 0 Å². The van der Waals surface area contributed by atoms with Crippen LogP contribution in [-0.4, -0.2) is 30.7 Å². The zero-order chi connectivity index (χ0) is 15.0. The lowest BCUT2D eigenvalue weighted by Crippen LogP contribution is -2.10. The Kier molecular flexibility index (Phi) is 7.09. The quantitative estimate of drug-likeness (QED) is 0.342. The first kappa shape index (κ1) is 16.5. The Morgan fingerprint density at radius 2 is 2.00 bits per heavy atom. The zero-order valence-electron chi connectivity index (χ0n) is 12.8. The molecule has 4 heteroatoms. The summed E-state index contributed by atoms with van der Waals surface area (Å²) >= 11 is 0. The van der Waals surface area contributed by atoms with Crippen molar-refractivity contribution in [1.82, 2.24) is 0 Å². The van der Waals surface area contributed by atoms with Crippen LogP contribution in [0.1, 0.15) is 38.3 Å². The van der Waals surface area contributed by atoms with E-state index < -0.39 is 0 Å². The number of nitrogens with zero attached hydrogens (tertiary/aromatic N) is 1. The third-order valence-electron chi connectivity index (χ3n) is 3.00. The Hall–Kier alpha value is -1.55. The second kappa shape index (κ2) is 8.59. The van der Waals surface area contributed by atoms with E-state index in [1.807, 2.05) is 25.1 Å². The van der Waals surface area contributed by atoms with E-state index >= 15 is 0 Å². The zero-order valence-corrected chi connectivity index (χ0v) is 12.8. The lowest BCUT2D eigenvalue weighted by Gasteiger charge is -2.12. The molecule has 0 saturated heterocycles. The maximum Gasteiger partial charge on any atom is 0.128 e. The van der Waals surface area contributed by atoms with Crippen LogP contribution in [0.2, 0.25) is 0 Å². The van der Waals surface area contributed by atoms with Crippen molar-refractivity contribution in [2.75, 3.05) is 19.8 Å². The van der Waals surface area contributed by atoms with E-state index in [2.05, 4.69) is 19.0 Å². The van der Waals surface area contributed by atoms with Gasteiger partial charge in [0, 0.05) is 12.2 Å². The fraction of sp³-hybridized carbons (Fsp3) is 0.562. The first-order valence-electron chi connectivity index (χ1n) is 7.04. The van der Waals surface area contributed by atoms with Crippen LogP contribution in [0.3, 0.4) is 0 Å². The second-order valence-corrected chi connectivity index (χ2v) is 5.33. The van der Waals surface area contributed by atoms with Crippen LogP contribution in [0.5, 0.6) is 5.75 Å². The molecule has 0 amide bonds. The molecule has 20 heavy (non-hydrogen) atoms. The van der Waals surface area contributed by atoms with Gasteiger partial charge in [0.05, 0.1) is 12.3 Å². The molecule has 1 N–H and O–H groups in total. The number of oxime groups is 1. The van der Waals surface area contributed by atoms with E-state index in [0.717, 1.165) is 29.9 Å². The van der Waals surface area contributed by atoms with Crippen LogP contribution in [0.4, 0.5) is 0 Å². The summed E-state index contributed by atoms with van der Waals surface area (Å²) in [6.45, 7) is 9.92. The minimum Gasteiger partial charge on any atom is -0.490 e. The summed E-state index contributed by atoms with van der Waals surface area (Å²) in [5.74, 6) is 1.38. The van der Waals surface area contributed by atoms with Crippen LogP contribution >= 0.6 is 0 Å². The summed E-state index contributed by atoms with van der Waals surface area (Å²) in [4.78, 5) is 0. The van der Waals surface area contributed by atoms with Crippen molar-refractivity contribution in [3.63, 3.8) is 0 Å². The van der Waals surface area contributed by atoms with Gasteiger partial charge in [-0.1, -0.05) is 25.1 Å². The summed E-state index contributed by atoms with van der Waals surface area (Å²) in [5.41, 5.74) is 2.45. The normalized spacial score (nSPS) is 11.9. The monoisotopic (exact) mass is 279 g/mol. The molecule has 0 aromatic heterocycles. The molecule has 0 saturated carbocycles. The van der Waals surface area contributed by atoms with Crippen LogP contribution in [0, 0.1) is 12.8 Å². The molecule has 0 atom stereocenters. The molecule has 112 valence electrons. The molecule has 0 aliphatic carbocycles. The fourth-order valence-corrected chi connectivity index (χ4v) is 1.73. The van der Waals surface area contributed by atoms with Gasteiger partial charge >= 0.3 is 0 Å². The Morgan fingerprint density at radius 3 is 2.65 bits per heavy atom. The van der Waals surface area contributed by atoms with Gasteiger partial charge in [0.25, 0.3) is 0 Å². The summed E-state index contributed by atoms with van der Waals surface area (Å²) < 4.78 is 11.2. The van der Waals surface area contributed by atoms with Crippen molar-refractivity contribution < 1.29 is 14.7 Å². The van der Waals surface area contributed by atoms with Gasteiger partial charge in [0.15, 0.2) is 0 Å². The molecule has 0 heterocycles. The Balaban J connectivity index is 2.48. The summed E-state index contributed by atoms with van der Waals surface area (Å²) in [7, 11) is 0. The number of hydrogen-bond donors (Lipinski definition) is 1. The Morgan fingerprint density at radius 1 is 1.25 bits per heavy atom. The molecule has 0 aliphatic rings. The number of benzene rings is 1. The van der Waals surface area contributed by atoms with Crippen molar-refractivity contribution in [2.24, 2.45) is 11.1 Å². The largest absolute Gasteiger partial charge is 0.490 e. The average Bonchev–Trinajstić information content (AvgIpc) is 2.41. The molecule has 0 radical (unpaired) electrons. The molecule has 0 aliphatic heterocycles. The summed E-state index contributed by atoms with van der Waals surface area (Å²) in [6.07, 6.45) is 1.06. The molecule has 0 bridgehead atoms. The molecule has 4 nitrogen and oxygen atoms in total. The third-order valence-corrected chi connectivity index (χ3v) is 3.00. The number of ether oxygens (including phenoxy) is 2. The van der Waals surface area contributed by atoms with E-state index in [4.69, 9.17) is 14.7 Å². The van der Waals surface area contributed by atoms with Gasteiger partial charge in [-0.2, -0.15) is 0 Å². The van der Waals surface area contributed by atoms with Crippen LogP contribution in [0.25, 0.3) is 0 Å². The van der Waals surface area contributed by atoms with Gasteiger partial charge in [-0.05, 0) is 43.9 Å². The first-order valence-corrected chi connectivity index (χ1v) is 7.04. The number of hydrogen-bond acceptors (Lipinski definition) is 4. The minimum absolute atomic E-state index is 0.493. The highest BCUT2D eigenvalue weighted by Crippen LogP contribution is 2.21. The van der Waals surface area contributed by atoms with E-state index in [0.29, 0.717) is 24.8 Å². The Bertz CT molecular complexity index is 441. The predicted molar refractivity (Wildman–Crippen MR) is 80.9 cm³/mol. The van der Waals surface area contributed by atoms with Crippen LogP contribution in [-0.2, 0) is 4.74 Å². The standard InChI is InChI=1S/C16H25NO3/c1-12(2)7-8-19-9-10-20-16-11-13(3)5-6-15(16)14(4)17-18/h5-6,11-12,18H,7-10H2,1-4H3. The molecular formula is C16H25NO3. The molecule has 1 aromatic rings. The highest BCUT2D eigenvalue weighted by molar-refractivity contribution is 6.00. The SMILES string of the molecule is CC(=NO)c1ccc(C)cc1OCCOCCC(C)C. The van der Waals surface area contributed by atoms with Gasteiger partial charge in [0.2, 0.25) is 0 Å². The van der Waals surface area contributed by atoms with Crippen molar-refractivity contribution in [1.29, 1.82) is 0 Å². The van der Waals surface area contributed by atoms with Crippen LogP contribution in [0.15, 0.2) is 23.4 Å². The maximum absolute atomic E-state index is 8.88. The molecule has 1 aromatic carbocycles. The molecule has 1 rings (SSSR count). The lowest BCUT2D eigenvalue weighted by atomic mass is 10.1.